The second kappa shape index (κ2) is 6.14. The first kappa shape index (κ1) is 14.2. The molecule has 0 heterocycles. The van der Waals surface area contributed by atoms with Crippen LogP contribution in [0, 0.1) is 0 Å². The molecule has 0 saturated carbocycles. The summed E-state index contributed by atoms with van der Waals surface area (Å²) in [6, 6.07) is 2.54. The summed E-state index contributed by atoms with van der Waals surface area (Å²) < 4.78 is 30.3. The normalized spacial score (nSPS) is 10.4. The number of phenols is 1. The van der Waals surface area contributed by atoms with E-state index in [4.69, 9.17) is 4.74 Å². The highest BCUT2D eigenvalue weighted by atomic mass is 19.3. The van der Waals surface area contributed by atoms with Crippen molar-refractivity contribution < 1.29 is 23.4 Å². The van der Waals surface area contributed by atoms with E-state index in [1.807, 2.05) is 0 Å². The van der Waals surface area contributed by atoms with Gasteiger partial charge in [0.15, 0.2) is 5.78 Å². The van der Waals surface area contributed by atoms with Gasteiger partial charge in [-0.2, -0.15) is 0 Å². The van der Waals surface area contributed by atoms with Crippen molar-refractivity contribution in [2.24, 2.45) is 0 Å². The summed E-state index contributed by atoms with van der Waals surface area (Å²) in [6.07, 6.45) is -0.820. The predicted molar refractivity (Wildman–Crippen MR) is 63.4 cm³/mol. The zero-order valence-corrected chi connectivity index (χ0v) is 9.95. The molecule has 1 aromatic carbocycles. The number of Topliss-reactive ketones (excluding diaryl/α,β-unsaturated/α-hetero) is 1. The fourth-order valence-electron chi connectivity index (χ4n) is 1.57. The second-order valence-electron chi connectivity index (χ2n) is 3.63. The van der Waals surface area contributed by atoms with Gasteiger partial charge in [-0.15, -0.1) is 6.58 Å². The van der Waals surface area contributed by atoms with Crippen molar-refractivity contribution in [3.63, 3.8) is 0 Å². The van der Waals surface area contributed by atoms with Crippen molar-refractivity contribution in [1.29, 1.82) is 0 Å². The molecule has 1 aromatic rings. The standard InChI is InChI=1S/C13H14F2O3/c1-3-4-5-9(16)8-6-7-10(18-2)11(12(8)17)13(14)15/h3,6-7,13,17H,1,4-5H2,2H3. The van der Waals surface area contributed by atoms with E-state index in [-0.39, 0.29) is 17.7 Å². The number of hydrogen-bond donors (Lipinski definition) is 1. The maximum Gasteiger partial charge on any atom is 0.271 e. The van der Waals surface area contributed by atoms with Crippen LogP contribution in [0.4, 0.5) is 8.78 Å². The largest absolute Gasteiger partial charge is 0.507 e. The minimum Gasteiger partial charge on any atom is -0.507 e. The number of carbonyl (C=O) groups is 1. The van der Waals surface area contributed by atoms with Crippen molar-refractivity contribution in [1.82, 2.24) is 0 Å². The van der Waals surface area contributed by atoms with E-state index < -0.39 is 23.5 Å². The number of hydrogen-bond acceptors (Lipinski definition) is 3. The van der Waals surface area contributed by atoms with Gasteiger partial charge in [-0.1, -0.05) is 6.08 Å². The molecule has 1 rings (SSSR count). The lowest BCUT2D eigenvalue weighted by atomic mass is 10.0. The molecule has 18 heavy (non-hydrogen) atoms. The molecule has 5 heteroatoms. The molecule has 0 aromatic heterocycles. The van der Waals surface area contributed by atoms with E-state index in [9.17, 15) is 18.7 Å². The Hall–Kier alpha value is -1.91. The number of rotatable bonds is 6. The molecule has 0 unspecified atom stereocenters. The molecule has 0 aliphatic rings. The van der Waals surface area contributed by atoms with Crippen LogP contribution in [0.2, 0.25) is 0 Å². The number of benzene rings is 1. The van der Waals surface area contributed by atoms with Crippen molar-refractivity contribution in [3.05, 3.63) is 35.9 Å². The summed E-state index contributed by atoms with van der Waals surface area (Å²) in [5.74, 6) is -1.25. The number of phenolic OH excluding ortho intramolecular Hbond substituents is 1. The Balaban J connectivity index is 3.19. The lowest BCUT2D eigenvalue weighted by Gasteiger charge is -2.12. The summed E-state index contributed by atoms with van der Waals surface area (Å²) in [6.45, 7) is 3.47. The Morgan fingerprint density at radius 2 is 2.22 bits per heavy atom. The van der Waals surface area contributed by atoms with Gasteiger partial charge in [0.05, 0.1) is 12.7 Å². The van der Waals surface area contributed by atoms with E-state index in [1.54, 1.807) is 6.08 Å². The first-order chi connectivity index (χ1) is 8.52. The average Bonchev–Trinajstić information content (AvgIpc) is 2.34. The molecule has 0 spiro atoms. The van der Waals surface area contributed by atoms with Gasteiger partial charge in [-0.3, -0.25) is 4.79 Å². The lowest BCUT2D eigenvalue weighted by molar-refractivity contribution is 0.0979. The van der Waals surface area contributed by atoms with Crippen LogP contribution in [0.15, 0.2) is 24.8 Å². The lowest BCUT2D eigenvalue weighted by Crippen LogP contribution is -2.03. The van der Waals surface area contributed by atoms with Gasteiger partial charge in [-0.25, -0.2) is 8.78 Å². The molecule has 3 nitrogen and oxygen atoms in total. The third-order valence-corrected chi connectivity index (χ3v) is 2.49. The molecule has 0 aliphatic heterocycles. The van der Waals surface area contributed by atoms with Crippen LogP contribution in [0.25, 0.3) is 0 Å². The monoisotopic (exact) mass is 256 g/mol. The summed E-state index contributed by atoms with van der Waals surface area (Å²) in [5, 5.41) is 9.73. The predicted octanol–water partition coefficient (Wildman–Crippen LogP) is 3.49. The molecule has 98 valence electrons. The van der Waals surface area contributed by atoms with Gasteiger partial charge >= 0.3 is 0 Å². The Morgan fingerprint density at radius 3 is 2.72 bits per heavy atom. The molecular weight excluding hydrogens is 242 g/mol. The number of ketones is 1. The van der Waals surface area contributed by atoms with Gasteiger partial charge in [0.2, 0.25) is 0 Å². The number of aromatic hydroxyl groups is 1. The van der Waals surface area contributed by atoms with Crippen molar-refractivity contribution in [2.45, 2.75) is 19.3 Å². The molecule has 0 bridgehead atoms. The summed E-state index contributed by atoms with van der Waals surface area (Å²) >= 11 is 0. The van der Waals surface area contributed by atoms with Crippen LogP contribution in [-0.2, 0) is 0 Å². The Kier molecular flexibility index (Phi) is 4.83. The highest BCUT2D eigenvalue weighted by Crippen LogP contribution is 2.39. The van der Waals surface area contributed by atoms with Gasteiger partial charge in [0, 0.05) is 6.42 Å². The number of alkyl halides is 2. The van der Waals surface area contributed by atoms with E-state index in [2.05, 4.69) is 6.58 Å². The highest BCUT2D eigenvalue weighted by molar-refractivity contribution is 5.99. The minimum atomic E-state index is -2.91. The molecule has 0 aliphatic carbocycles. The Morgan fingerprint density at radius 1 is 1.56 bits per heavy atom. The first-order valence-corrected chi connectivity index (χ1v) is 5.35. The number of carbonyl (C=O) groups excluding carboxylic acids is 1. The average molecular weight is 256 g/mol. The van der Waals surface area contributed by atoms with Gasteiger partial charge in [0.1, 0.15) is 17.1 Å². The SMILES string of the molecule is C=CCCC(=O)c1ccc(OC)c(C(F)F)c1O. The third-order valence-electron chi connectivity index (χ3n) is 2.49. The van der Waals surface area contributed by atoms with Crippen molar-refractivity contribution in [3.8, 4) is 11.5 Å². The van der Waals surface area contributed by atoms with Gasteiger partial charge in [0.25, 0.3) is 6.43 Å². The topological polar surface area (TPSA) is 46.5 Å². The minimum absolute atomic E-state index is 0.117. The van der Waals surface area contributed by atoms with Crippen molar-refractivity contribution >= 4 is 5.78 Å². The zero-order chi connectivity index (χ0) is 13.7. The quantitative estimate of drug-likeness (QED) is 0.626. The number of methoxy groups -OCH3 is 1. The fraction of sp³-hybridized carbons (Fsp3) is 0.308. The zero-order valence-electron chi connectivity index (χ0n) is 9.95. The molecule has 0 fully saturated rings. The first-order valence-electron chi connectivity index (χ1n) is 5.35. The van der Waals surface area contributed by atoms with Crippen LogP contribution in [0.3, 0.4) is 0 Å². The van der Waals surface area contributed by atoms with E-state index in [0.29, 0.717) is 6.42 Å². The maximum absolute atomic E-state index is 12.8. The van der Waals surface area contributed by atoms with Gasteiger partial charge < -0.3 is 9.84 Å². The smallest absolute Gasteiger partial charge is 0.271 e. The van der Waals surface area contributed by atoms with Gasteiger partial charge in [-0.05, 0) is 18.6 Å². The van der Waals surface area contributed by atoms with Crippen LogP contribution < -0.4 is 4.74 Å². The summed E-state index contributed by atoms with van der Waals surface area (Å²) in [5.41, 5.74) is -0.769. The molecule has 0 atom stereocenters. The summed E-state index contributed by atoms with van der Waals surface area (Å²) in [4.78, 5) is 11.7. The van der Waals surface area contributed by atoms with Crippen LogP contribution >= 0.6 is 0 Å². The fourth-order valence-corrected chi connectivity index (χ4v) is 1.57. The Bertz CT molecular complexity index is 456. The van der Waals surface area contributed by atoms with Crippen molar-refractivity contribution in [2.75, 3.05) is 7.11 Å². The number of allylic oxidation sites excluding steroid dienone is 1. The van der Waals surface area contributed by atoms with E-state index in [0.717, 1.165) is 0 Å². The Labute approximate surface area is 104 Å². The van der Waals surface area contributed by atoms with Crippen LogP contribution in [0.1, 0.15) is 35.2 Å². The summed E-state index contributed by atoms with van der Waals surface area (Å²) in [7, 11) is 1.22. The molecule has 0 amide bonds. The van der Waals surface area contributed by atoms with Crippen LogP contribution in [0.5, 0.6) is 11.5 Å². The third kappa shape index (κ3) is 2.85. The van der Waals surface area contributed by atoms with Crippen LogP contribution in [-0.4, -0.2) is 18.0 Å². The molecule has 0 saturated heterocycles. The second-order valence-corrected chi connectivity index (χ2v) is 3.63. The number of halogens is 2. The molecule has 1 N–H and O–H groups in total. The van der Waals surface area contributed by atoms with E-state index >= 15 is 0 Å². The number of ether oxygens (including phenoxy) is 1. The van der Waals surface area contributed by atoms with E-state index in [1.165, 1.54) is 19.2 Å². The molecular formula is C13H14F2O3. The highest BCUT2D eigenvalue weighted by Gasteiger charge is 2.23. The maximum atomic E-state index is 12.8. The molecule has 0 radical (unpaired) electrons.